The highest BCUT2D eigenvalue weighted by Gasteiger charge is 2.33. The van der Waals surface area contributed by atoms with Crippen molar-refractivity contribution in [2.75, 3.05) is 0 Å². The van der Waals surface area contributed by atoms with Gasteiger partial charge in [0.05, 0.1) is 0 Å². The topological polar surface area (TPSA) is 27.7 Å². The molecule has 42 heavy (non-hydrogen) atoms. The van der Waals surface area contributed by atoms with Crippen LogP contribution in [0.4, 0.5) is 0 Å². The van der Waals surface area contributed by atoms with Crippen molar-refractivity contribution in [3.8, 4) is 11.5 Å². The second kappa shape index (κ2) is 13.3. The van der Waals surface area contributed by atoms with Gasteiger partial charge in [0, 0.05) is 5.41 Å². The lowest BCUT2D eigenvalue weighted by Crippen LogP contribution is -2.38. The van der Waals surface area contributed by atoms with E-state index in [0.717, 1.165) is 24.3 Å². The Kier molecular flexibility index (Phi) is 11.5. The van der Waals surface area contributed by atoms with Gasteiger partial charge in [-0.05, 0) is 88.7 Å². The molecule has 0 aliphatic carbocycles. The van der Waals surface area contributed by atoms with Crippen LogP contribution in [0.25, 0.3) is 0 Å². The summed E-state index contributed by atoms with van der Waals surface area (Å²) in [6.45, 7) is 36.3. The Balaban J connectivity index is 2.14. The van der Waals surface area contributed by atoms with Gasteiger partial charge in [0.25, 0.3) is 0 Å². The molecule has 0 amide bonds. The minimum atomic E-state index is -0.470. The van der Waals surface area contributed by atoms with Crippen LogP contribution in [-0.2, 0) is 4.74 Å². The van der Waals surface area contributed by atoms with Gasteiger partial charge in [-0.2, -0.15) is 0 Å². The molecule has 0 bridgehead atoms. The number of rotatable bonds is 10. The minimum Gasteiger partial charge on any atom is -0.465 e. The lowest BCUT2D eigenvalue weighted by molar-refractivity contribution is -0.214. The molecule has 0 aliphatic rings. The molecule has 0 saturated heterocycles. The molecule has 2 aromatic carbocycles. The van der Waals surface area contributed by atoms with E-state index < -0.39 is 12.6 Å². The number of hydrogen-bond acceptors (Lipinski definition) is 3. The first-order valence-corrected chi connectivity index (χ1v) is 16.0. The van der Waals surface area contributed by atoms with Crippen LogP contribution in [0.3, 0.4) is 0 Å². The maximum absolute atomic E-state index is 6.44. The van der Waals surface area contributed by atoms with E-state index in [0.29, 0.717) is 11.8 Å². The first-order valence-electron chi connectivity index (χ1n) is 16.0. The normalized spacial score (nSPS) is 16.5. The van der Waals surface area contributed by atoms with E-state index in [1.165, 1.54) is 11.1 Å². The largest absolute Gasteiger partial charge is 0.465 e. The highest BCUT2D eigenvalue weighted by Crippen LogP contribution is 2.44. The lowest BCUT2D eigenvalue weighted by atomic mass is 9.69. The Labute approximate surface area is 260 Å². The third kappa shape index (κ3) is 11.9. The zero-order chi connectivity index (χ0) is 32.3. The van der Waals surface area contributed by atoms with Gasteiger partial charge < -0.3 is 14.2 Å². The summed E-state index contributed by atoms with van der Waals surface area (Å²) < 4.78 is 19.0. The van der Waals surface area contributed by atoms with Crippen LogP contribution in [-0.4, -0.2) is 12.6 Å². The SMILES string of the molecule is CC(Oc1ccc(C(CC(C)(C)C)C(C)(C)C)cc1)OC(Oc1ccc(C(CC(C)(C)C)C(C)(C)C)cc1)C(C)(C)C. The fourth-order valence-electron chi connectivity index (χ4n) is 5.56. The van der Waals surface area contributed by atoms with Gasteiger partial charge in [-0.15, -0.1) is 0 Å². The average molecular weight is 581 g/mol. The quantitative estimate of drug-likeness (QED) is 0.262. The van der Waals surface area contributed by atoms with Gasteiger partial charge >= 0.3 is 0 Å². The van der Waals surface area contributed by atoms with E-state index in [2.05, 4.69) is 152 Å². The van der Waals surface area contributed by atoms with Crippen LogP contribution in [0.1, 0.15) is 147 Å². The van der Waals surface area contributed by atoms with Crippen molar-refractivity contribution in [3.05, 3.63) is 59.7 Å². The van der Waals surface area contributed by atoms with E-state index >= 15 is 0 Å². The summed E-state index contributed by atoms with van der Waals surface area (Å²) >= 11 is 0. The highest BCUT2D eigenvalue weighted by molar-refractivity contribution is 5.32. The Morgan fingerprint density at radius 1 is 0.476 bits per heavy atom. The van der Waals surface area contributed by atoms with E-state index in [1.54, 1.807) is 0 Å². The van der Waals surface area contributed by atoms with Gasteiger partial charge in [-0.25, -0.2) is 0 Å². The Bertz CT molecular complexity index is 1080. The van der Waals surface area contributed by atoms with Gasteiger partial charge in [-0.3, -0.25) is 0 Å². The molecule has 3 nitrogen and oxygen atoms in total. The Morgan fingerprint density at radius 3 is 1.10 bits per heavy atom. The van der Waals surface area contributed by atoms with Gasteiger partial charge in [-0.1, -0.05) is 128 Å². The van der Waals surface area contributed by atoms with Crippen molar-refractivity contribution in [1.82, 2.24) is 0 Å². The fraction of sp³-hybridized carbons (Fsp3) is 0.692. The van der Waals surface area contributed by atoms with Crippen molar-refractivity contribution in [2.45, 2.75) is 148 Å². The van der Waals surface area contributed by atoms with Crippen LogP contribution in [0, 0.1) is 27.1 Å². The molecule has 4 atom stereocenters. The predicted molar refractivity (Wildman–Crippen MR) is 180 cm³/mol. The summed E-state index contributed by atoms with van der Waals surface area (Å²) in [6, 6.07) is 17.2. The molecule has 2 rings (SSSR count). The summed E-state index contributed by atoms with van der Waals surface area (Å²) in [6.07, 6.45) is 1.33. The van der Waals surface area contributed by atoms with Gasteiger partial charge in [0.15, 0.2) is 0 Å². The van der Waals surface area contributed by atoms with Crippen LogP contribution < -0.4 is 9.47 Å². The van der Waals surface area contributed by atoms with E-state index in [4.69, 9.17) is 14.2 Å². The summed E-state index contributed by atoms with van der Waals surface area (Å²) in [4.78, 5) is 0. The van der Waals surface area contributed by atoms with Gasteiger partial charge in [0.2, 0.25) is 12.6 Å². The second-order valence-electron chi connectivity index (χ2n) is 18.1. The minimum absolute atomic E-state index is 0.179. The first kappa shape index (κ1) is 36.2. The molecule has 0 radical (unpaired) electrons. The van der Waals surface area contributed by atoms with Crippen molar-refractivity contribution < 1.29 is 14.2 Å². The van der Waals surface area contributed by atoms with Crippen molar-refractivity contribution in [2.24, 2.45) is 27.1 Å². The first-order chi connectivity index (χ1) is 18.8. The Hall–Kier alpha value is -2.00. The van der Waals surface area contributed by atoms with Crippen LogP contribution in [0.2, 0.25) is 0 Å². The molecule has 0 aromatic heterocycles. The molecule has 0 aliphatic heterocycles. The van der Waals surface area contributed by atoms with E-state index in [1.807, 2.05) is 6.92 Å². The maximum atomic E-state index is 6.44. The van der Waals surface area contributed by atoms with E-state index in [9.17, 15) is 0 Å². The van der Waals surface area contributed by atoms with Crippen LogP contribution in [0.15, 0.2) is 48.5 Å². The monoisotopic (exact) mass is 580 g/mol. The summed E-state index contributed by atoms with van der Waals surface area (Å²) in [7, 11) is 0. The lowest BCUT2D eigenvalue weighted by Gasteiger charge is -2.36. The molecule has 0 N–H and O–H groups in total. The zero-order valence-electron chi connectivity index (χ0n) is 30.1. The smallest absolute Gasteiger partial charge is 0.208 e. The average Bonchev–Trinajstić information content (AvgIpc) is 2.79. The fourth-order valence-corrected chi connectivity index (χ4v) is 5.56. The van der Waals surface area contributed by atoms with Crippen molar-refractivity contribution in [3.63, 3.8) is 0 Å². The van der Waals surface area contributed by atoms with Crippen LogP contribution in [0.5, 0.6) is 11.5 Å². The Morgan fingerprint density at radius 2 is 0.810 bits per heavy atom. The molecular formula is C39H64O3. The summed E-state index contributed by atoms with van der Waals surface area (Å²) in [5.74, 6) is 2.55. The van der Waals surface area contributed by atoms with Crippen molar-refractivity contribution >= 4 is 0 Å². The molecule has 0 spiro atoms. The number of hydrogen-bond donors (Lipinski definition) is 0. The third-order valence-corrected chi connectivity index (χ3v) is 7.86. The molecule has 238 valence electrons. The number of ether oxygens (including phenoxy) is 3. The molecule has 3 heteroatoms. The molecule has 0 heterocycles. The summed E-state index contributed by atoms with van der Waals surface area (Å²) in [5.41, 5.74) is 3.35. The second-order valence-corrected chi connectivity index (χ2v) is 18.1. The zero-order valence-corrected chi connectivity index (χ0v) is 30.1. The number of benzene rings is 2. The molecule has 0 fully saturated rings. The molecule has 2 aromatic rings. The predicted octanol–water partition coefficient (Wildman–Crippen LogP) is 12.0. The highest BCUT2D eigenvalue weighted by atomic mass is 16.8. The molecular weight excluding hydrogens is 516 g/mol. The van der Waals surface area contributed by atoms with E-state index in [-0.39, 0.29) is 27.1 Å². The van der Waals surface area contributed by atoms with Crippen molar-refractivity contribution in [1.29, 1.82) is 0 Å². The maximum Gasteiger partial charge on any atom is 0.208 e. The van der Waals surface area contributed by atoms with Gasteiger partial charge in [0.1, 0.15) is 11.5 Å². The van der Waals surface area contributed by atoms with Crippen LogP contribution >= 0.6 is 0 Å². The summed E-state index contributed by atoms with van der Waals surface area (Å²) in [5, 5.41) is 0. The molecule has 0 saturated carbocycles. The third-order valence-electron chi connectivity index (χ3n) is 7.86. The molecule has 4 unspecified atom stereocenters. The standard InChI is InChI=1S/C39H64O3/c1-27(40-30-21-17-28(18-22-30)32(37(8,9)10)25-35(2,3)4)41-34(39(14,15)16)42-31-23-19-29(20-24-31)33(38(11,12)13)26-36(5,6)7/h17-24,27,32-34H,25-26H2,1-16H3.